The minimum absolute atomic E-state index is 0.00629. The van der Waals surface area contributed by atoms with E-state index in [1.165, 1.54) is 5.56 Å². The van der Waals surface area contributed by atoms with Crippen LogP contribution in [0.5, 0.6) is 0 Å². The van der Waals surface area contributed by atoms with Crippen molar-refractivity contribution in [1.82, 2.24) is 20.3 Å². The van der Waals surface area contributed by atoms with Gasteiger partial charge in [-0.1, -0.05) is 36.4 Å². The van der Waals surface area contributed by atoms with Gasteiger partial charge in [-0.25, -0.2) is 4.98 Å². The van der Waals surface area contributed by atoms with Crippen LogP contribution in [0.2, 0.25) is 0 Å². The van der Waals surface area contributed by atoms with Gasteiger partial charge in [-0.15, -0.1) is 0 Å². The molecule has 0 saturated heterocycles. The summed E-state index contributed by atoms with van der Waals surface area (Å²) < 4.78 is 0. The number of aromatic amines is 1. The number of rotatable bonds is 7. The molecule has 1 unspecified atom stereocenters. The number of hydrogen-bond acceptors (Lipinski definition) is 4. The average Bonchev–Trinajstić information content (AvgIpc) is 2.70. The number of nitrogens with one attached hydrogen (secondary N) is 2. The minimum Gasteiger partial charge on any atom is -0.353 e. The number of nitrogens with zero attached hydrogens (tertiary/aromatic N) is 2. The third-order valence-electron chi connectivity index (χ3n) is 4.58. The molecule has 1 amide bonds. The third-order valence-corrected chi connectivity index (χ3v) is 4.58. The molecular weight excluding hydrogens is 352 g/mol. The summed E-state index contributed by atoms with van der Waals surface area (Å²) in [6.07, 6.45) is 3.37. The van der Waals surface area contributed by atoms with Crippen molar-refractivity contribution >= 4 is 5.91 Å². The Labute approximate surface area is 164 Å². The highest BCUT2D eigenvalue weighted by Gasteiger charge is 2.15. The summed E-state index contributed by atoms with van der Waals surface area (Å²) >= 11 is 0. The topological polar surface area (TPSA) is 87.7 Å². The van der Waals surface area contributed by atoms with E-state index in [4.69, 9.17) is 0 Å². The lowest BCUT2D eigenvalue weighted by Gasteiger charge is -2.14. The van der Waals surface area contributed by atoms with Crippen molar-refractivity contribution in [3.05, 3.63) is 81.9 Å². The lowest BCUT2D eigenvalue weighted by atomic mass is 10.1. The van der Waals surface area contributed by atoms with Crippen LogP contribution >= 0.6 is 0 Å². The predicted octanol–water partition coefficient (Wildman–Crippen LogP) is 2.82. The number of hydrogen-bond donors (Lipinski definition) is 2. The zero-order valence-electron chi connectivity index (χ0n) is 16.1. The van der Waals surface area contributed by atoms with E-state index in [0.29, 0.717) is 22.8 Å². The van der Waals surface area contributed by atoms with Gasteiger partial charge >= 0.3 is 0 Å². The van der Waals surface area contributed by atoms with Crippen LogP contribution in [0.25, 0.3) is 11.5 Å². The van der Waals surface area contributed by atoms with E-state index in [0.717, 1.165) is 12.8 Å². The third kappa shape index (κ3) is 5.13. The molecule has 3 rings (SSSR count). The summed E-state index contributed by atoms with van der Waals surface area (Å²) in [6.45, 7) is 3.71. The molecule has 0 bridgehead atoms. The Morgan fingerprint density at radius 2 is 1.89 bits per heavy atom. The van der Waals surface area contributed by atoms with Gasteiger partial charge in [0.2, 0.25) is 5.91 Å². The molecule has 2 aromatic heterocycles. The number of aromatic nitrogens is 3. The maximum atomic E-state index is 12.5. The summed E-state index contributed by atoms with van der Waals surface area (Å²) in [5, 5.41) is 2.97. The molecule has 0 fully saturated rings. The van der Waals surface area contributed by atoms with Gasteiger partial charge in [0.1, 0.15) is 5.69 Å². The van der Waals surface area contributed by atoms with Crippen molar-refractivity contribution in [2.75, 3.05) is 0 Å². The number of benzene rings is 1. The Morgan fingerprint density at radius 1 is 1.14 bits per heavy atom. The first-order valence-corrected chi connectivity index (χ1v) is 9.37. The van der Waals surface area contributed by atoms with E-state index in [2.05, 4.69) is 32.4 Å². The maximum absolute atomic E-state index is 12.5. The highest BCUT2D eigenvalue weighted by atomic mass is 16.2. The monoisotopic (exact) mass is 376 g/mol. The van der Waals surface area contributed by atoms with Gasteiger partial charge in [0.15, 0.2) is 5.82 Å². The molecule has 1 aromatic carbocycles. The molecule has 144 valence electrons. The van der Waals surface area contributed by atoms with Crippen molar-refractivity contribution in [2.24, 2.45) is 0 Å². The Balaban J connectivity index is 1.61. The van der Waals surface area contributed by atoms with Gasteiger partial charge in [-0.3, -0.25) is 14.6 Å². The fraction of sp³-hybridized carbons (Fsp3) is 0.273. The van der Waals surface area contributed by atoms with Crippen LogP contribution in [0.4, 0.5) is 0 Å². The molecule has 0 spiro atoms. The van der Waals surface area contributed by atoms with Crippen LogP contribution in [-0.4, -0.2) is 26.9 Å². The van der Waals surface area contributed by atoms with Gasteiger partial charge in [-0.05, 0) is 44.4 Å². The number of aryl methyl sites for hydroxylation is 2. The number of carbonyl (C=O) groups excluding carboxylic acids is 1. The summed E-state index contributed by atoms with van der Waals surface area (Å²) in [4.78, 5) is 36.2. The van der Waals surface area contributed by atoms with Crippen LogP contribution in [0, 0.1) is 6.92 Å². The lowest BCUT2D eigenvalue weighted by Crippen LogP contribution is -2.35. The Hall–Kier alpha value is -3.28. The average molecular weight is 376 g/mol. The number of carbonyl (C=O) groups is 1. The maximum Gasteiger partial charge on any atom is 0.255 e. The van der Waals surface area contributed by atoms with Crippen LogP contribution in [0.1, 0.15) is 30.2 Å². The first-order valence-electron chi connectivity index (χ1n) is 9.37. The summed E-state index contributed by atoms with van der Waals surface area (Å²) in [7, 11) is 0. The Kier molecular flexibility index (Phi) is 6.32. The Bertz CT molecular complexity index is 984. The number of H-pyrrole nitrogens is 1. The lowest BCUT2D eigenvalue weighted by molar-refractivity contribution is -0.121. The van der Waals surface area contributed by atoms with E-state index in [1.807, 2.05) is 31.2 Å². The fourth-order valence-electron chi connectivity index (χ4n) is 3.03. The standard InChI is InChI=1S/C22H24N4O2/c1-15(11-12-17-8-4-3-5-9-17)24-20(27)14-18-16(2)25-21(26-22(18)28)19-10-6-7-13-23-19/h3-10,13,15H,11-12,14H2,1-2H3,(H,24,27)(H,25,26,28). The predicted molar refractivity (Wildman–Crippen MR) is 109 cm³/mol. The summed E-state index contributed by atoms with van der Waals surface area (Å²) in [5.74, 6) is 0.227. The zero-order valence-corrected chi connectivity index (χ0v) is 16.1. The van der Waals surface area contributed by atoms with Crippen LogP contribution in [0.3, 0.4) is 0 Å². The van der Waals surface area contributed by atoms with Crippen LogP contribution in [0.15, 0.2) is 59.5 Å². The zero-order chi connectivity index (χ0) is 19.9. The summed E-state index contributed by atoms with van der Waals surface area (Å²) in [5.41, 5.74) is 2.45. The van der Waals surface area contributed by atoms with Gasteiger partial charge < -0.3 is 10.3 Å². The molecule has 6 heteroatoms. The molecule has 0 aliphatic carbocycles. The molecule has 6 nitrogen and oxygen atoms in total. The van der Waals surface area contributed by atoms with Crippen molar-refractivity contribution in [3.63, 3.8) is 0 Å². The van der Waals surface area contributed by atoms with Gasteiger partial charge in [0, 0.05) is 23.5 Å². The van der Waals surface area contributed by atoms with E-state index >= 15 is 0 Å². The molecule has 0 saturated carbocycles. The fourth-order valence-corrected chi connectivity index (χ4v) is 3.03. The second-order valence-corrected chi connectivity index (χ2v) is 6.86. The largest absolute Gasteiger partial charge is 0.353 e. The first-order chi connectivity index (χ1) is 13.5. The second-order valence-electron chi connectivity index (χ2n) is 6.86. The van der Waals surface area contributed by atoms with Gasteiger partial charge in [-0.2, -0.15) is 0 Å². The van der Waals surface area contributed by atoms with Crippen molar-refractivity contribution in [2.45, 2.75) is 39.2 Å². The molecular formula is C22H24N4O2. The van der Waals surface area contributed by atoms with Gasteiger partial charge in [0.25, 0.3) is 5.56 Å². The van der Waals surface area contributed by atoms with Crippen molar-refractivity contribution < 1.29 is 4.79 Å². The van der Waals surface area contributed by atoms with E-state index in [9.17, 15) is 9.59 Å². The van der Waals surface area contributed by atoms with E-state index in [-0.39, 0.29) is 23.9 Å². The van der Waals surface area contributed by atoms with Crippen LogP contribution in [-0.2, 0) is 17.6 Å². The highest BCUT2D eigenvalue weighted by molar-refractivity contribution is 5.79. The van der Waals surface area contributed by atoms with Crippen LogP contribution < -0.4 is 10.9 Å². The molecule has 3 aromatic rings. The first kappa shape index (κ1) is 19.5. The minimum atomic E-state index is -0.305. The molecule has 1 atom stereocenters. The number of amides is 1. The van der Waals surface area contributed by atoms with Crippen molar-refractivity contribution in [3.8, 4) is 11.5 Å². The molecule has 2 N–H and O–H groups in total. The highest BCUT2D eigenvalue weighted by Crippen LogP contribution is 2.11. The van der Waals surface area contributed by atoms with Crippen molar-refractivity contribution in [1.29, 1.82) is 0 Å². The SMILES string of the molecule is Cc1nc(-c2ccccn2)[nH]c(=O)c1CC(=O)NC(C)CCc1ccccc1. The Morgan fingerprint density at radius 3 is 2.57 bits per heavy atom. The molecule has 28 heavy (non-hydrogen) atoms. The quantitative estimate of drug-likeness (QED) is 0.664. The van der Waals surface area contributed by atoms with E-state index in [1.54, 1.807) is 25.3 Å². The molecule has 0 radical (unpaired) electrons. The normalized spacial score (nSPS) is 11.8. The number of pyridine rings is 1. The smallest absolute Gasteiger partial charge is 0.255 e. The molecule has 0 aliphatic heterocycles. The van der Waals surface area contributed by atoms with E-state index < -0.39 is 0 Å². The molecule has 2 heterocycles. The summed E-state index contributed by atoms with van der Waals surface area (Å²) in [6, 6.07) is 15.6. The molecule has 0 aliphatic rings. The second kappa shape index (κ2) is 9.08. The van der Waals surface area contributed by atoms with Gasteiger partial charge in [0.05, 0.1) is 6.42 Å².